The molecule has 1 N–H and O–H groups in total. The van der Waals surface area contributed by atoms with Crippen LogP contribution in [0.5, 0.6) is 0 Å². The van der Waals surface area contributed by atoms with Crippen molar-refractivity contribution in [3.63, 3.8) is 0 Å². The van der Waals surface area contributed by atoms with Gasteiger partial charge in [0.25, 0.3) is 0 Å². The minimum Gasteiger partial charge on any atom is -0.313 e. The van der Waals surface area contributed by atoms with Gasteiger partial charge in [0.15, 0.2) is 0 Å². The second-order valence-corrected chi connectivity index (χ2v) is 5.63. The molecular formula is C17H16ClF4N. The topological polar surface area (TPSA) is 12.0 Å². The molecule has 0 unspecified atom stereocenters. The lowest BCUT2D eigenvalue weighted by atomic mass is 10.1. The molecule has 1 nitrogen and oxygen atoms in total. The van der Waals surface area contributed by atoms with E-state index in [1.165, 1.54) is 18.2 Å². The van der Waals surface area contributed by atoms with Crippen LogP contribution in [0.25, 0.3) is 0 Å². The molecule has 0 amide bonds. The molecule has 0 atom stereocenters. The van der Waals surface area contributed by atoms with E-state index in [2.05, 4.69) is 5.32 Å². The molecular weight excluding hydrogens is 330 g/mol. The van der Waals surface area contributed by atoms with Crippen LogP contribution < -0.4 is 5.32 Å². The second kappa shape index (κ2) is 7.79. The molecule has 0 aliphatic heterocycles. The van der Waals surface area contributed by atoms with Gasteiger partial charge in [0.05, 0.1) is 10.6 Å². The number of benzene rings is 2. The molecule has 23 heavy (non-hydrogen) atoms. The van der Waals surface area contributed by atoms with Crippen molar-refractivity contribution in [2.75, 3.05) is 6.54 Å². The van der Waals surface area contributed by atoms with Crippen molar-refractivity contribution in [2.24, 2.45) is 0 Å². The van der Waals surface area contributed by atoms with E-state index in [0.29, 0.717) is 13.1 Å². The first-order valence-corrected chi connectivity index (χ1v) is 7.55. The van der Waals surface area contributed by atoms with Gasteiger partial charge in [-0.2, -0.15) is 13.2 Å². The molecule has 2 rings (SSSR count). The minimum absolute atomic E-state index is 0.111. The zero-order valence-corrected chi connectivity index (χ0v) is 13.0. The molecule has 0 aliphatic carbocycles. The van der Waals surface area contributed by atoms with Crippen molar-refractivity contribution in [3.8, 4) is 0 Å². The van der Waals surface area contributed by atoms with Gasteiger partial charge in [0.1, 0.15) is 5.82 Å². The summed E-state index contributed by atoms with van der Waals surface area (Å²) in [5.41, 5.74) is 1.10. The van der Waals surface area contributed by atoms with E-state index in [4.69, 9.17) is 11.6 Å². The molecule has 6 heteroatoms. The maximum absolute atomic E-state index is 13.0. The van der Waals surface area contributed by atoms with E-state index >= 15 is 0 Å². The van der Waals surface area contributed by atoms with Crippen molar-refractivity contribution in [1.29, 1.82) is 0 Å². The molecule has 0 saturated heterocycles. The molecule has 0 bridgehead atoms. The van der Waals surface area contributed by atoms with E-state index in [1.54, 1.807) is 12.1 Å². The zero-order valence-electron chi connectivity index (χ0n) is 12.3. The molecule has 0 heterocycles. The minimum atomic E-state index is -4.30. The fraction of sp³-hybridized carbons (Fsp3) is 0.294. The lowest BCUT2D eigenvalue weighted by molar-refractivity contribution is -0.137. The smallest absolute Gasteiger partial charge is 0.313 e. The molecule has 2 aromatic carbocycles. The fourth-order valence-corrected chi connectivity index (χ4v) is 2.36. The van der Waals surface area contributed by atoms with Gasteiger partial charge in [0.2, 0.25) is 0 Å². The van der Waals surface area contributed by atoms with E-state index < -0.39 is 17.6 Å². The van der Waals surface area contributed by atoms with Crippen LogP contribution in [0.3, 0.4) is 0 Å². The average molecular weight is 346 g/mol. The first kappa shape index (κ1) is 17.8. The summed E-state index contributed by atoms with van der Waals surface area (Å²) in [6, 6.07) is 9.73. The van der Waals surface area contributed by atoms with E-state index in [-0.39, 0.29) is 5.02 Å². The highest BCUT2D eigenvalue weighted by Crippen LogP contribution is 2.29. The van der Waals surface area contributed by atoms with Gasteiger partial charge >= 0.3 is 6.18 Å². The largest absolute Gasteiger partial charge is 0.416 e. The van der Waals surface area contributed by atoms with Crippen LogP contribution in [0, 0.1) is 5.82 Å². The summed E-state index contributed by atoms with van der Waals surface area (Å²) in [7, 11) is 0. The number of rotatable bonds is 6. The normalized spacial score (nSPS) is 11.7. The van der Waals surface area contributed by atoms with E-state index in [9.17, 15) is 17.6 Å². The molecule has 0 fully saturated rings. The standard InChI is InChI=1S/C17H16ClF4N/c18-15-10-12(5-8-16(15)19)2-1-9-23-11-13-3-6-14(7-4-13)17(20,21)22/h3-8,10,23H,1-2,9,11H2. The predicted octanol–water partition coefficient (Wildman–Crippen LogP) is 5.22. The van der Waals surface area contributed by atoms with Crippen molar-refractivity contribution in [2.45, 2.75) is 25.6 Å². The maximum atomic E-state index is 13.0. The van der Waals surface area contributed by atoms with Crippen LogP contribution in [-0.2, 0) is 19.1 Å². The Labute approximate surface area is 137 Å². The van der Waals surface area contributed by atoms with Crippen molar-refractivity contribution < 1.29 is 17.6 Å². The Hall–Kier alpha value is -1.59. The predicted molar refractivity (Wildman–Crippen MR) is 82.9 cm³/mol. The Balaban J connectivity index is 1.72. The lowest BCUT2D eigenvalue weighted by Crippen LogP contribution is -2.15. The van der Waals surface area contributed by atoms with E-state index in [1.807, 2.05) is 0 Å². The number of aryl methyl sites for hydroxylation is 1. The summed E-state index contributed by atoms with van der Waals surface area (Å²) in [5, 5.41) is 3.28. The Bertz CT molecular complexity index is 638. The van der Waals surface area contributed by atoms with Gasteiger partial charge in [0, 0.05) is 6.54 Å². The summed E-state index contributed by atoms with van der Waals surface area (Å²) >= 11 is 5.71. The SMILES string of the molecule is Fc1ccc(CCCNCc2ccc(C(F)(F)F)cc2)cc1Cl. The summed E-state index contributed by atoms with van der Waals surface area (Å²) in [6.45, 7) is 1.21. The summed E-state index contributed by atoms with van der Waals surface area (Å²) in [6.07, 6.45) is -2.73. The van der Waals surface area contributed by atoms with Gasteiger partial charge in [-0.3, -0.25) is 0 Å². The molecule has 0 aliphatic rings. The highest BCUT2D eigenvalue weighted by Gasteiger charge is 2.29. The van der Waals surface area contributed by atoms with Crippen LogP contribution in [-0.4, -0.2) is 6.54 Å². The molecule has 124 valence electrons. The Morgan fingerprint density at radius 3 is 2.22 bits per heavy atom. The van der Waals surface area contributed by atoms with Crippen LogP contribution in [0.1, 0.15) is 23.1 Å². The van der Waals surface area contributed by atoms with Crippen LogP contribution in [0.2, 0.25) is 5.02 Å². The van der Waals surface area contributed by atoms with Crippen molar-refractivity contribution in [3.05, 3.63) is 70.0 Å². The monoisotopic (exact) mass is 345 g/mol. The highest BCUT2D eigenvalue weighted by atomic mass is 35.5. The first-order chi connectivity index (χ1) is 10.9. The Morgan fingerprint density at radius 1 is 0.957 bits per heavy atom. The van der Waals surface area contributed by atoms with Gasteiger partial charge in [-0.15, -0.1) is 0 Å². The lowest BCUT2D eigenvalue weighted by Gasteiger charge is -2.09. The fourth-order valence-electron chi connectivity index (χ4n) is 2.16. The number of hydrogen-bond acceptors (Lipinski definition) is 1. The maximum Gasteiger partial charge on any atom is 0.416 e. The quantitative estimate of drug-likeness (QED) is 0.559. The molecule has 0 saturated carbocycles. The third-order valence-electron chi connectivity index (χ3n) is 3.41. The molecule has 0 aromatic heterocycles. The third-order valence-corrected chi connectivity index (χ3v) is 3.70. The molecule has 0 spiro atoms. The van der Waals surface area contributed by atoms with Crippen LogP contribution in [0.4, 0.5) is 17.6 Å². The Kier molecular flexibility index (Phi) is 6.02. The summed E-state index contributed by atoms with van der Waals surface area (Å²) < 4.78 is 50.3. The van der Waals surface area contributed by atoms with Crippen LogP contribution >= 0.6 is 11.6 Å². The van der Waals surface area contributed by atoms with Gasteiger partial charge < -0.3 is 5.32 Å². The number of halogens is 5. The van der Waals surface area contributed by atoms with Gasteiger partial charge in [-0.25, -0.2) is 4.39 Å². The zero-order chi connectivity index (χ0) is 16.9. The highest BCUT2D eigenvalue weighted by molar-refractivity contribution is 6.30. The average Bonchev–Trinajstić information content (AvgIpc) is 2.50. The molecule has 0 radical (unpaired) electrons. The van der Waals surface area contributed by atoms with E-state index in [0.717, 1.165) is 36.1 Å². The van der Waals surface area contributed by atoms with Gasteiger partial charge in [-0.1, -0.05) is 29.8 Å². The summed E-state index contributed by atoms with van der Waals surface area (Å²) in [5.74, 6) is -0.434. The van der Waals surface area contributed by atoms with Crippen molar-refractivity contribution >= 4 is 11.6 Å². The van der Waals surface area contributed by atoms with Crippen molar-refractivity contribution in [1.82, 2.24) is 5.32 Å². The van der Waals surface area contributed by atoms with Gasteiger partial charge in [-0.05, 0) is 54.8 Å². The molecule has 2 aromatic rings. The third kappa shape index (κ3) is 5.52. The van der Waals surface area contributed by atoms with Crippen LogP contribution in [0.15, 0.2) is 42.5 Å². The Morgan fingerprint density at radius 2 is 1.61 bits per heavy atom. The summed E-state index contributed by atoms with van der Waals surface area (Å²) in [4.78, 5) is 0. The first-order valence-electron chi connectivity index (χ1n) is 7.17. The second-order valence-electron chi connectivity index (χ2n) is 5.22. The number of alkyl halides is 3. The number of nitrogens with one attached hydrogen (secondary N) is 1. The number of hydrogen-bond donors (Lipinski definition) is 1.